The number of nitrogens with zero attached hydrogens (tertiary/aromatic N) is 1. The molecular formula is C7H9NO2S2. The lowest BCUT2D eigenvalue weighted by atomic mass is 10.2. The fourth-order valence-electron chi connectivity index (χ4n) is 0.545. The smallest absolute Gasteiger partial charge is 0.329 e. The first-order chi connectivity index (χ1) is 5.67. The highest BCUT2D eigenvalue weighted by Crippen LogP contribution is 2.11. The first kappa shape index (κ1) is 11.4. The van der Waals surface area contributed by atoms with Crippen molar-refractivity contribution in [3.05, 3.63) is 0 Å². The first-order valence-electron chi connectivity index (χ1n) is 3.31. The van der Waals surface area contributed by atoms with Crippen molar-refractivity contribution in [2.75, 3.05) is 12.9 Å². The van der Waals surface area contributed by atoms with Gasteiger partial charge in [0.25, 0.3) is 0 Å². The first-order valence-corrected chi connectivity index (χ1v) is 4.94. The molecule has 0 rings (SSSR count). The molecule has 1 atom stereocenters. The molecule has 0 aliphatic heterocycles. The van der Waals surface area contributed by atoms with Crippen LogP contribution in [-0.2, 0) is 9.53 Å². The van der Waals surface area contributed by atoms with Crippen molar-refractivity contribution in [3.63, 3.8) is 0 Å². The molecule has 0 amide bonds. The van der Waals surface area contributed by atoms with E-state index in [4.69, 9.17) is 17.5 Å². The summed E-state index contributed by atoms with van der Waals surface area (Å²) in [4.78, 5) is 11.0. The highest BCUT2D eigenvalue weighted by molar-refractivity contribution is 8.22. The number of hydrogen-bond donors (Lipinski definition) is 0. The topological polar surface area (TPSA) is 50.1 Å². The van der Waals surface area contributed by atoms with Gasteiger partial charge in [-0.3, -0.25) is 4.79 Å². The normalized spacial score (nSPS) is 11.4. The Balaban J connectivity index is 4.27. The summed E-state index contributed by atoms with van der Waals surface area (Å²) in [5.74, 6) is -1.46. The number of hydrogen-bond acceptors (Lipinski definition) is 5. The van der Waals surface area contributed by atoms with Crippen LogP contribution in [0.4, 0.5) is 0 Å². The Labute approximate surface area is 81.1 Å². The molecule has 0 fully saturated rings. The third-order valence-electron chi connectivity index (χ3n) is 1.09. The van der Waals surface area contributed by atoms with Crippen LogP contribution >= 0.6 is 24.0 Å². The van der Waals surface area contributed by atoms with E-state index in [-0.39, 0.29) is 6.61 Å². The van der Waals surface area contributed by atoms with Crippen LogP contribution in [0.1, 0.15) is 6.92 Å². The highest BCUT2D eigenvalue weighted by Gasteiger charge is 2.23. The second-order valence-corrected chi connectivity index (χ2v) is 3.38. The fraction of sp³-hybridized carbons (Fsp3) is 0.571. The van der Waals surface area contributed by atoms with E-state index in [1.165, 1.54) is 11.8 Å². The number of nitriles is 1. The summed E-state index contributed by atoms with van der Waals surface area (Å²) in [5, 5.41) is 8.57. The van der Waals surface area contributed by atoms with Gasteiger partial charge in [0.05, 0.1) is 16.9 Å². The minimum atomic E-state index is -0.907. The van der Waals surface area contributed by atoms with Gasteiger partial charge in [-0.25, -0.2) is 0 Å². The maximum atomic E-state index is 11.0. The van der Waals surface area contributed by atoms with Crippen LogP contribution in [-0.4, -0.2) is 23.0 Å². The third-order valence-corrected chi connectivity index (χ3v) is 2.46. The molecule has 12 heavy (non-hydrogen) atoms. The maximum absolute atomic E-state index is 11.0. The van der Waals surface area contributed by atoms with Gasteiger partial charge in [0.1, 0.15) is 0 Å². The van der Waals surface area contributed by atoms with E-state index >= 15 is 0 Å². The van der Waals surface area contributed by atoms with Crippen LogP contribution in [0.5, 0.6) is 0 Å². The summed E-state index contributed by atoms with van der Waals surface area (Å²) in [7, 11) is 0. The molecule has 3 nitrogen and oxygen atoms in total. The number of carbonyl (C=O) groups excluding carboxylic acids is 1. The van der Waals surface area contributed by atoms with Crippen LogP contribution in [0.25, 0.3) is 0 Å². The SMILES string of the molecule is CCOC(=O)C(C#N)C(=S)SC. The van der Waals surface area contributed by atoms with E-state index in [2.05, 4.69) is 4.74 Å². The summed E-state index contributed by atoms with van der Waals surface area (Å²) in [6.07, 6.45) is 1.73. The zero-order chi connectivity index (χ0) is 9.56. The molecule has 0 radical (unpaired) electrons. The number of esters is 1. The Morgan fingerprint density at radius 3 is 2.75 bits per heavy atom. The molecule has 0 saturated heterocycles. The Morgan fingerprint density at radius 2 is 2.42 bits per heavy atom. The van der Waals surface area contributed by atoms with E-state index in [0.717, 1.165) is 0 Å². The van der Waals surface area contributed by atoms with Crippen molar-refractivity contribution in [1.82, 2.24) is 0 Å². The molecule has 0 saturated carbocycles. The predicted octanol–water partition coefficient (Wildman–Crippen LogP) is 1.38. The average Bonchev–Trinajstić information content (AvgIpc) is 2.06. The summed E-state index contributed by atoms with van der Waals surface area (Å²) in [5.41, 5.74) is 0. The molecule has 0 aliphatic rings. The van der Waals surface area contributed by atoms with Gasteiger partial charge in [-0.2, -0.15) is 5.26 Å². The van der Waals surface area contributed by atoms with E-state index in [1.54, 1.807) is 19.2 Å². The predicted molar refractivity (Wildman–Crippen MR) is 51.8 cm³/mol. The number of carbonyl (C=O) groups is 1. The largest absolute Gasteiger partial charge is 0.465 e. The minimum Gasteiger partial charge on any atom is -0.465 e. The maximum Gasteiger partial charge on any atom is 0.329 e. The van der Waals surface area contributed by atoms with Crippen molar-refractivity contribution >= 4 is 34.1 Å². The lowest BCUT2D eigenvalue weighted by Crippen LogP contribution is -2.21. The molecule has 0 aromatic heterocycles. The zero-order valence-corrected chi connectivity index (χ0v) is 8.50. The van der Waals surface area contributed by atoms with Gasteiger partial charge in [0, 0.05) is 0 Å². The quantitative estimate of drug-likeness (QED) is 0.512. The van der Waals surface area contributed by atoms with Gasteiger partial charge in [-0.15, -0.1) is 11.8 Å². The van der Waals surface area contributed by atoms with Gasteiger partial charge in [0.15, 0.2) is 5.92 Å². The van der Waals surface area contributed by atoms with Gasteiger partial charge in [0.2, 0.25) is 0 Å². The van der Waals surface area contributed by atoms with E-state index in [0.29, 0.717) is 4.20 Å². The third kappa shape index (κ3) is 3.20. The summed E-state index contributed by atoms with van der Waals surface area (Å²) in [6.45, 7) is 1.96. The van der Waals surface area contributed by atoms with E-state index < -0.39 is 11.9 Å². The molecule has 0 aliphatic carbocycles. The molecule has 0 heterocycles. The summed E-state index contributed by atoms with van der Waals surface area (Å²) < 4.78 is 5.01. The van der Waals surface area contributed by atoms with Crippen LogP contribution in [0.2, 0.25) is 0 Å². The fourth-order valence-corrected chi connectivity index (χ4v) is 1.08. The van der Waals surface area contributed by atoms with Gasteiger partial charge in [-0.1, -0.05) is 12.2 Å². The summed E-state index contributed by atoms with van der Waals surface area (Å²) >= 11 is 6.03. The standard InChI is InChI=1S/C7H9NO2S2/c1-3-10-6(9)5(4-8)7(11)12-2/h5H,3H2,1-2H3. The number of ether oxygens (including phenoxy) is 1. The lowest BCUT2D eigenvalue weighted by Gasteiger charge is -2.06. The molecule has 0 aromatic carbocycles. The Hall–Kier alpha value is -0.600. The molecule has 1 unspecified atom stereocenters. The second kappa shape index (κ2) is 5.98. The van der Waals surface area contributed by atoms with Gasteiger partial charge < -0.3 is 4.74 Å². The number of thioether (sulfide) groups is 1. The molecule has 0 aromatic rings. The van der Waals surface area contributed by atoms with Crippen LogP contribution in [0.3, 0.4) is 0 Å². The minimum absolute atomic E-state index is 0.272. The molecule has 0 bridgehead atoms. The second-order valence-electron chi connectivity index (χ2n) is 1.84. The van der Waals surface area contributed by atoms with Gasteiger partial charge in [-0.05, 0) is 13.2 Å². The van der Waals surface area contributed by atoms with Crippen LogP contribution in [0, 0.1) is 17.2 Å². The summed E-state index contributed by atoms with van der Waals surface area (Å²) in [6, 6.07) is 1.80. The van der Waals surface area contributed by atoms with Gasteiger partial charge >= 0.3 is 5.97 Å². The monoisotopic (exact) mass is 203 g/mol. The Morgan fingerprint density at radius 1 is 1.83 bits per heavy atom. The van der Waals surface area contributed by atoms with Crippen LogP contribution in [0.15, 0.2) is 0 Å². The molecular weight excluding hydrogens is 194 g/mol. The van der Waals surface area contributed by atoms with Crippen molar-refractivity contribution in [2.45, 2.75) is 6.92 Å². The average molecular weight is 203 g/mol. The van der Waals surface area contributed by atoms with E-state index in [1.807, 2.05) is 0 Å². The Bertz CT molecular complexity index is 222. The molecule has 66 valence electrons. The highest BCUT2D eigenvalue weighted by atomic mass is 32.2. The van der Waals surface area contributed by atoms with Crippen LogP contribution < -0.4 is 0 Å². The molecule has 0 N–H and O–H groups in total. The van der Waals surface area contributed by atoms with Crippen molar-refractivity contribution in [3.8, 4) is 6.07 Å². The number of rotatable bonds is 3. The zero-order valence-electron chi connectivity index (χ0n) is 6.86. The lowest BCUT2D eigenvalue weighted by molar-refractivity contribution is -0.143. The Kier molecular flexibility index (Phi) is 5.68. The van der Waals surface area contributed by atoms with Crippen molar-refractivity contribution < 1.29 is 9.53 Å². The van der Waals surface area contributed by atoms with E-state index in [9.17, 15) is 4.79 Å². The number of thiocarbonyl (C=S) groups is 1. The molecule has 0 spiro atoms. The molecule has 5 heteroatoms. The van der Waals surface area contributed by atoms with Crippen molar-refractivity contribution in [2.24, 2.45) is 5.92 Å². The van der Waals surface area contributed by atoms with Crippen molar-refractivity contribution in [1.29, 1.82) is 5.26 Å².